The summed E-state index contributed by atoms with van der Waals surface area (Å²) in [5, 5.41) is 8.51. The van der Waals surface area contributed by atoms with Gasteiger partial charge in [-0.3, -0.25) is 0 Å². The molecule has 0 aromatic heterocycles. The van der Waals surface area contributed by atoms with Gasteiger partial charge in [-0.05, 0) is 37.6 Å². The van der Waals surface area contributed by atoms with Crippen LogP contribution in [0.2, 0.25) is 0 Å². The Morgan fingerprint density at radius 1 is 1.18 bits per heavy atom. The van der Waals surface area contributed by atoms with Gasteiger partial charge in [0.15, 0.2) is 0 Å². The highest BCUT2D eigenvalue weighted by molar-refractivity contribution is 9.10. The van der Waals surface area contributed by atoms with Gasteiger partial charge in [0.1, 0.15) is 0 Å². The molecule has 0 N–H and O–H groups in total. The molecule has 1 heterocycles. The molecule has 0 spiro atoms. The van der Waals surface area contributed by atoms with Crippen LogP contribution in [0.3, 0.4) is 0 Å². The van der Waals surface area contributed by atoms with E-state index >= 15 is 0 Å². The van der Waals surface area contributed by atoms with Gasteiger partial charge in [0.05, 0.1) is 11.0 Å². The van der Waals surface area contributed by atoms with E-state index in [-0.39, 0.29) is 0 Å². The highest BCUT2D eigenvalue weighted by Crippen LogP contribution is 2.21. The molecule has 1 saturated heterocycles. The SMILES string of the molecule is N#CCCCCN1CCN(S(=O)(=O)c2cccc(Br)c2)CC1. The summed E-state index contributed by atoms with van der Waals surface area (Å²) < 4.78 is 27.5. The van der Waals surface area contributed by atoms with Crippen molar-refractivity contribution in [2.45, 2.75) is 24.2 Å². The number of hydrogen-bond acceptors (Lipinski definition) is 4. The van der Waals surface area contributed by atoms with Crippen molar-refractivity contribution in [1.82, 2.24) is 9.21 Å². The Morgan fingerprint density at radius 2 is 1.91 bits per heavy atom. The van der Waals surface area contributed by atoms with Gasteiger partial charge in [-0.1, -0.05) is 22.0 Å². The largest absolute Gasteiger partial charge is 0.301 e. The molecule has 0 saturated carbocycles. The Balaban J connectivity index is 1.90. The van der Waals surface area contributed by atoms with Crippen molar-refractivity contribution < 1.29 is 8.42 Å². The van der Waals surface area contributed by atoms with Crippen molar-refractivity contribution in [2.75, 3.05) is 32.7 Å². The highest BCUT2D eigenvalue weighted by atomic mass is 79.9. The average Bonchev–Trinajstić information content (AvgIpc) is 2.52. The van der Waals surface area contributed by atoms with Crippen LogP contribution in [0.15, 0.2) is 33.6 Å². The predicted octanol–water partition coefficient (Wildman–Crippen LogP) is 2.45. The lowest BCUT2D eigenvalue weighted by Crippen LogP contribution is -2.48. The molecule has 0 bridgehead atoms. The smallest absolute Gasteiger partial charge is 0.243 e. The van der Waals surface area contributed by atoms with Crippen molar-refractivity contribution in [1.29, 1.82) is 5.26 Å². The van der Waals surface area contributed by atoms with Crippen molar-refractivity contribution in [3.05, 3.63) is 28.7 Å². The maximum atomic E-state index is 12.6. The normalized spacial score (nSPS) is 17.3. The van der Waals surface area contributed by atoms with Crippen LogP contribution in [-0.4, -0.2) is 50.3 Å². The minimum atomic E-state index is -3.40. The van der Waals surface area contributed by atoms with Crippen LogP contribution < -0.4 is 0 Å². The van der Waals surface area contributed by atoms with E-state index in [0.717, 1.165) is 36.9 Å². The van der Waals surface area contributed by atoms with Gasteiger partial charge in [0.2, 0.25) is 10.0 Å². The lowest BCUT2D eigenvalue weighted by molar-refractivity contribution is 0.186. The molecule has 1 fully saturated rings. The Labute approximate surface area is 140 Å². The van der Waals surface area contributed by atoms with Crippen LogP contribution >= 0.6 is 15.9 Å². The van der Waals surface area contributed by atoms with E-state index in [4.69, 9.17) is 5.26 Å². The molecule has 1 aromatic carbocycles. The second-order valence-corrected chi connectivity index (χ2v) is 8.17. The average molecular weight is 386 g/mol. The molecule has 0 aliphatic carbocycles. The molecule has 0 radical (unpaired) electrons. The first-order chi connectivity index (χ1) is 10.5. The predicted molar refractivity (Wildman–Crippen MR) is 88.8 cm³/mol. The zero-order chi connectivity index (χ0) is 16.0. The van der Waals surface area contributed by atoms with Gasteiger partial charge in [-0.25, -0.2) is 8.42 Å². The van der Waals surface area contributed by atoms with E-state index in [2.05, 4.69) is 26.9 Å². The second kappa shape index (κ2) is 8.06. The highest BCUT2D eigenvalue weighted by Gasteiger charge is 2.28. The first kappa shape index (κ1) is 17.4. The van der Waals surface area contributed by atoms with Gasteiger partial charge in [-0.2, -0.15) is 9.57 Å². The topological polar surface area (TPSA) is 64.4 Å². The Hall–Kier alpha value is -0.940. The fraction of sp³-hybridized carbons (Fsp3) is 0.533. The van der Waals surface area contributed by atoms with Crippen molar-refractivity contribution in [3.63, 3.8) is 0 Å². The van der Waals surface area contributed by atoms with Crippen LogP contribution in [0, 0.1) is 11.3 Å². The number of unbranched alkanes of at least 4 members (excludes halogenated alkanes) is 2. The summed E-state index contributed by atoms with van der Waals surface area (Å²) in [6.07, 6.45) is 2.50. The first-order valence-corrected chi connectivity index (χ1v) is 9.62. The minimum Gasteiger partial charge on any atom is -0.301 e. The number of nitriles is 1. The summed E-state index contributed by atoms with van der Waals surface area (Å²) in [6.45, 7) is 3.48. The summed E-state index contributed by atoms with van der Waals surface area (Å²) in [5.74, 6) is 0. The van der Waals surface area contributed by atoms with Crippen molar-refractivity contribution in [2.24, 2.45) is 0 Å². The van der Waals surface area contributed by atoms with E-state index in [1.54, 1.807) is 22.5 Å². The zero-order valence-corrected chi connectivity index (χ0v) is 14.8. The molecule has 0 unspecified atom stereocenters. The van der Waals surface area contributed by atoms with Gasteiger partial charge in [0.25, 0.3) is 0 Å². The second-order valence-electron chi connectivity index (χ2n) is 5.32. The fourth-order valence-electron chi connectivity index (χ4n) is 2.51. The quantitative estimate of drug-likeness (QED) is 0.705. The van der Waals surface area contributed by atoms with E-state index in [9.17, 15) is 8.42 Å². The lowest BCUT2D eigenvalue weighted by atomic mass is 10.2. The third-order valence-corrected chi connectivity index (χ3v) is 6.17. The molecule has 1 aliphatic heterocycles. The number of nitrogens with zero attached hydrogens (tertiary/aromatic N) is 3. The number of sulfonamides is 1. The van der Waals surface area contributed by atoms with E-state index < -0.39 is 10.0 Å². The van der Waals surface area contributed by atoms with Crippen LogP contribution in [0.4, 0.5) is 0 Å². The number of rotatable bonds is 6. The van der Waals surface area contributed by atoms with Gasteiger partial charge in [-0.15, -0.1) is 0 Å². The van der Waals surface area contributed by atoms with E-state index in [0.29, 0.717) is 24.4 Å². The third-order valence-electron chi connectivity index (χ3n) is 3.78. The molecule has 5 nitrogen and oxygen atoms in total. The molecule has 22 heavy (non-hydrogen) atoms. The first-order valence-electron chi connectivity index (χ1n) is 7.39. The molecule has 120 valence electrons. The minimum absolute atomic E-state index is 0.337. The molecular formula is C15H20BrN3O2S. The number of halogens is 1. The van der Waals surface area contributed by atoms with Crippen molar-refractivity contribution >= 4 is 26.0 Å². The maximum absolute atomic E-state index is 12.6. The monoisotopic (exact) mass is 385 g/mol. The Bertz CT molecular complexity index is 634. The number of benzene rings is 1. The molecule has 7 heteroatoms. The van der Waals surface area contributed by atoms with Gasteiger partial charge in [0, 0.05) is 37.1 Å². The number of hydrogen-bond donors (Lipinski definition) is 0. The summed E-state index contributed by atoms with van der Waals surface area (Å²) in [4.78, 5) is 2.61. The molecule has 1 aliphatic rings. The zero-order valence-electron chi connectivity index (χ0n) is 12.4. The summed E-state index contributed by atoms with van der Waals surface area (Å²) in [7, 11) is -3.40. The Morgan fingerprint density at radius 3 is 2.55 bits per heavy atom. The van der Waals surface area contributed by atoms with Gasteiger partial charge < -0.3 is 4.90 Å². The molecule has 2 rings (SSSR count). The Kier molecular flexibility index (Phi) is 6.38. The summed E-state index contributed by atoms with van der Waals surface area (Å²) in [6, 6.07) is 8.98. The third kappa shape index (κ3) is 4.53. The molecule has 0 amide bonds. The van der Waals surface area contributed by atoms with Crippen LogP contribution in [0.25, 0.3) is 0 Å². The standard InChI is InChI=1S/C15H20BrN3O2S/c16-14-5-4-6-15(13-14)22(20,21)19-11-9-18(10-12-19)8-3-1-2-7-17/h4-6,13H,1-3,8-12H2. The summed E-state index contributed by atoms with van der Waals surface area (Å²) >= 11 is 3.32. The van der Waals surface area contributed by atoms with Crippen LogP contribution in [0.1, 0.15) is 19.3 Å². The number of piperazine rings is 1. The van der Waals surface area contributed by atoms with Crippen molar-refractivity contribution in [3.8, 4) is 6.07 Å². The van der Waals surface area contributed by atoms with Crippen LogP contribution in [-0.2, 0) is 10.0 Å². The van der Waals surface area contributed by atoms with Crippen LogP contribution in [0.5, 0.6) is 0 Å². The summed E-state index contributed by atoms with van der Waals surface area (Å²) in [5.41, 5.74) is 0. The van der Waals surface area contributed by atoms with E-state index in [1.807, 2.05) is 6.07 Å². The fourth-order valence-corrected chi connectivity index (χ4v) is 4.53. The maximum Gasteiger partial charge on any atom is 0.243 e. The molecule has 1 aromatic rings. The lowest BCUT2D eigenvalue weighted by Gasteiger charge is -2.34. The molecule has 0 atom stereocenters. The van der Waals surface area contributed by atoms with Gasteiger partial charge >= 0.3 is 0 Å². The van der Waals surface area contributed by atoms with E-state index in [1.165, 1.54) is 0 Å². The molecular weight excluding hydrogens is 366 g/mol.